The van der Waals surface area contributed by atoms with Gasteiger partial charge in [0.05, 0.1) is 18.2 Å². The number of fused-ring (bicyclic) bond motifs is 1. The number of hydrogen-bond donors (Lipinski definition) is 1. The van der Waals surface area contributed by atoms with Gasteiger partial charge in [-0.05, 0) is 17.5 Å². The van der Waals surface area contributed by atoms with Crippen molar-refractivity contribution in [3.05, 3.63) is 45.7 Å². The molecule has 0 fully saturated rings. The normalized spacial score (nSPS) is 13.2. The second-order valence-corrected chi connectivity index (χ2v) is 6.87. The van der Waals surface area contributed by atoms with E-state index in [2.05, 4.69) is 26.3 Å². The maximum atomic E-state index is 9.54. The van der Waals surface area contributed by atoms with Crippen molar-refractivity contribution in [2.75, 3.05) is 38.7 Å². The van der Waals surface area contributed by atoms with E-state index in [1.54, 1.807) is 13.3 Å². The number of pyridine rings is 2. The lowest BCUT2D eigenvalue weighted by Gasteiger charge is -2.30. The molecule has 1 aliphatic rings. The Morgan fingerprint density at radius 2 is 2.14 bits per heavy atom. The van der Waals surface area contributed by atoms with Crippen molar-refractivity contribution in [2.24, 2.45) is 0 Å². The lowest BCUT2D eigenvalue weighted by molar-refractivity contribution is 0.143. The predicted octanol–water partition coefficient (Wildman–Crippen LogP) is 2.52. The van der Waals surface area contributed by atoms with E-state index in [-0.39, 0.29) is 11.7 Å². The van der Waals surface area contributed by atoms with Crippen LogP contribution in [-0.4, -0.2) is 48.3 Å². The van der Waals surface area contributed by atoms with E-state index in [1.807, 2.05) is 18.2 Å². The summed E-state index contributed by atoms with van der Waals surface area (Å²) in [6, 6.07) is 8.03. The Morgan fingerprint density at radius 3 is 2.83 bits per heavy atom. The van der Waals surface area contributed by atoms with Crippen molar-refractivity contribution >= 4 is 17.4 Å². The molecule has 8 nitrogen and oxygen atoms in total. The third kappa shape index (κ3) is 5.12. The number of nitrogens with zero attached hydrogens (tertiary/aromatic N) is 5. The first kappa shape index (κ1) is 20.8. The molecule has 0 atom stereocenters. The second kappa shape index (κ2) is 10.0. The van der Waals surface area contributed by atoms with Crippen LogP contribution in [0.5, 0.6) is 5.88 Å². The fraction of sp³-hybridized carbons (Fsp3) is 0.400. The van der Waals surface area contributed by atoms with E-state index in [0.717, 1.165) is 23.2 Å². The average molecular weight is 413 g/mol. The Labute approximate surface area is 174 Å². The molecule has 0 saturated heterocycles. The Bertz CT molecular complexity index is 936. The number of methoxy groups -OCH3 is 1. The average Bonchev–Trinajstić information content (AvgIpc) is 2.73. The van der Waals surface area contributed by atoms with Crippen LogP contribution in [0.4, 0.5) is 5.82 Å². The summed E-state index contributed by atoms with van der Waals surface area (Å²) in [6.07, 6.45) is 2.51. The van der Waals surface area contributed by atoms with Gasteiger partial charge in [0.2, 0.25) is 5.88 Å². The molecule has 2 aromatic heterocycles. The van der Waals surface area contributed by atoms with Crippen molar-refractivity contribution in [3.63, 3.8) is 0 Å². The van der Waals surface area contributed by atoms with Gasteiger partial charge in [0, 0.05) is 44.6 Å². The molecule has 0 unspecified atom stereocenters. The molecule has 3 rings (SSSR count). The fourth-order valence-electron chi connectivity index (χ4n) is 3.25. The van der Waals surface area contributed by atoms with E-state index in [1.165, 1.54) is 0 Å². The minimum atomic E-state index is 0.135. The molecular formula is C20H21ClN6O2. The summed E-state index contributed by atoms with van der Waals surface area (Å²) < 4.78 is 10.4. The number of anilines is 1. The molecule has 0 amide bonds. The van der Waals surface area contributed by atoms with Crippen LogP contribution in [0.15, 0.2) is 18.3 Å². The van der Waals surface area contributed by atoms with Crippen LogP contribution in [0.3, 0.4) is 0 Å². The van der Waals surface area contributed by atoms with Gasteiger partial charge in [0.1, 0.15) is 30.2 Å². The van der Waals surface area contributed by atoms with E-state index >= 15 is 0 Å². The first-order chi connectivity index (χ1) is 14.2. The Hall–Kier alpha value is -2.91. The maximum Gasteiger partial charge on any atom is 0.213 e. The topological polar surface area (TPSA) is 107 Å². The first-order valence-corrected chi connectivity index (χ1v) is 9.55. The number of halogens is 1. The highest BCUT2D eigenvalue weighted by atomic mass is 35.5. The quantitative estimate of drug-likeness (QED) is 0.400. The molecule has 0 aliphatic carbocycles. The largest absolute Gasteiger partial charge is 0.475 e. The van der Waals surface area contributed by atoms with Crippen molar-refractivity contribution in [2.45, 2.75) is 19.5 Å². The predicted molar refractivity (Wildman–Crippen MR) is 107 cm³/mol. The first-order valence-electron chi connectivity index (χ1n) is 9.17. The van der Waals surface area contributed by atoms with Crippen LogP contribution in [-0.2, 0) is 24.2 Å². The third-order valence-corrected chi connectivity index (χ3v) is 4.89. The molecule has 0 saturated carbocycles. The monoisotopic (exact) mass is 412 g/mol. The van der Waals surface area contributed by atoms with E-state index in [0.29, 0.717) is 50.0 Å². The zero-order chi connectivity index (χ0) is 20.6. The number of nitrogens with one attached hydrogen (secondary N) is 1. The molecule has 1 N–H and O–H groups in total. The lowest BCUT2D eigenvalue weighted by atomic mass is 9.96. The SMILES string of the molecule is COCCOc1ccc(CN2CCc3c(NCC#N)nc(Cl)c(C#N)c3C2)cn1. The number of hydrogen-bond acceptors (Lipinski definition) is 8. The van der Waals surface area contributed by atoms with Crippen LogP contribution in [0.1, 0.15) is 22.3 Å². The van der Waals surface area contributed by atoms with Crippen LogP contribution >= 0.6 is 11.6 Å². The van der Waals surface area contributed by atoms with Gasteiger partial charge in [0.15, 0.2) is 0 Å². The van der Waals surface area contributed by atoms with Crippen LogP contribution < -0.4 is 10.1 Å². The zero-order valence-corrected chi connectivity index (χ0v) is 16.9. The molecule has 9 heteroatoms. The van der Waals surface area contributed by atoms with Crippen LogP contribution in [0.25, 0.3) is 0 Å². The summed E-state index contributed by atoms with van der Waals surface area (Å²) in [6.45, 7) is 3.18. The summed E-state index contributed by atoms with van der Waals surface area (Å²) in [5.74, 6) is 1.15. The molecule has 3 heterocycles. The van der Waals surface area contributed by atoms with Gasteiger partial charge in [-0.2, -0.15) is 10.5 Å². The fourth-order valence-corrected chi connectivity index (χ4v) is 3.49. The molecule has 1 aliphatic heterocycles. The molecule has 0 spiro atoms. The summed E-state index contributed by atoms with van der Waals surface area (Å²) in [4.78, 5) is 10.8. The van der Waals surface area contributed by atoms with Crippen molar-refractivity contribution < 1.29 is 9.47 Å². The van der Waals surface area contributed by atoms with E-state index in [9.17, 15) is 5.26 Å². The Balaban J connectivity index is 1.73. The number of rotatable bonds is 8. The zero-order valence-electron chi connectivity index (χ0n) is 16.1. The van der Waals surface area contributed by atoms with Gasteiger partial charge < -0.3 is 14.8 Å². The van der Waals surface area contributed by atoms with Crippen molar-refractivity contribution in [3.8, 4) is 18.0 Å². The van der Waals surface area contributed by atoms with Crippen LogP contribution in [0.2, 0.25) is 5.15 Å². The highest BCUT2D eigenvalue weighted by Gasteiger charge is 2.25. The van der Waals surface area contributed by atoms with Crippen LogP contribution in [0, 0.1) is 22.7 Å². The molecule has 150 valence electrons. The third-order valence-electron chi connectivity index (χ3n) is 4.62. The lowest BCUT2D eigenvalue weighted by Crippen LogP contribution is -2.31. The smallest absolute Gasteiger partial charge is 0.213 e. The molecule has 2 aromatic rings. The second-order valence-electron chi connectivity index (χ2n) is 6.51. The van der Waals surface area contributed by atoms with E-state index in [4.69, 9.17) is 26.3 Å². The number of nitriles is 2. The highest BCUT2D eigenvalue weighted by molar-refractivity contribution is 6.30. The van der Waals surface area contributed by atoms with Crippen molar-refractivity contribution in [1.29, 1.82) is 10.5 Å². The molecule has 29 heavy (non-hydrogen) atoms. The standard InChI is InChI=1S/C20H21ClN6O2/c1-28-8-9-29-18-3-2-14(11-25-18)12-27-7-4-15-17(13-27)16(10-23)19(21)26-20(15)24-6-5-22/h2-3,11H,4,6-9,12-13H2,1H3,(H,24,26). The minimum Gasteiger partial charge on any atom is -0.475 e. The summed E-state index contributed by atoms with van der Waals surface area (Å²) in [5, 5.41) is 21.5. The molecule has 0 aromatic carbocycles. The van der Waals surface area contributed by atoms with Gasteiger partial charge in [-0.25, -0.2) is 9.97 Å². The van der Waals surface area contributed by atoms with Crippen molar-refractivity contribution in [1.82, 2.24) is 14.9 Å². The number of ether oxygens (including phenoxy) is 2. The van der Waals surface area contributed by atoms with Gasteiger partial charge in [-0.15, -0.1) is 0 Å². The molecular weight excluding hydrogens is 392 g/mol. The number of aromatic nitrogens is 2. The highest BCUT2D eigenvalue weighted by Crippen LogP contribution is 2.32. The van der Waals surface area contributed by atoms with Gasteiger partial charge in [0.25, 0.3) is 0 Å². The van der Waals surface area contributed by atoms with Gasteiger partial charge in [-0.1, -0.05) is 17.7 Å². The summed E-state index contributed by atoms with van der Waals surface area (Å²) in [7, 11) is 1.63. The Morgan fingerprint density at radius 1 is 1.28 bits per heavy atom. The Kier molecular flexibility index (Phi) is 7.20. The van der Waals surface area contributed by atoms with E-state index < -0.39 is 0 Å². The minimum absolute atomic E-state index is 0.135. The summed E-state index contributed by atoms with van der Waals surface area (Å²) in [5.41, 5.74) is 3.27. The summed E-state index contributed by atoms with van der Waals surface area (Å²) >= 11 is 6.22. The maximum absolute atomic E-state index is 9.54. The van der Waals surface area contributed by atoms with Gasteiger partial charge >= 0.3 is 0 Å². The van der Waals surface area contributed by atoms with Gasteiger partial charge in [-0.3, -0.25) is 4.90 Å². The molecule has 0 radical (unpaired) electrons. The molecule has 0 bridgehead atoms.